The molecule has 0 fully saturated rings. The molecule has 2 aromatic heterocycles. The molecule has 0 unspecified atom stereocenters. The SMILES string of the molecule is Cc1cc(CN(C)c2ccc([N+](=O)[O-])c(-c3ccccc3)n2)no1. The fraction of sp³-hybridized carbons (Fsp3) is 0.176. The van der Waals surface area contributed by atoms with Crippen molar-refractivity contribution >= 4 is 11.5 Å². The number of aryl methyl sites for hydroxylation is 1. The smallest absolute Gasteiger partial charge is 0.295 e. The minimum absolute atomic E-state index is 0.0179. The molecule has 0 radical (unpaired) electrons. The van der Waals surface area contributed by atoms with Crippen LogP contribution in [0.15, 0.2) is 53.1 Å². The normalized spacial score (nSPS) is 10.6. The first kappa shape index (κ1) is 15.7. The van der Waals surface area contributed by atoms with E-state index < -0.39 is 4.92 Å². The van der Waals surface area contributed by atoms with Crippen LogP contribution in [0.25, 0.3) is 11.3 Å². The number of nitrogens with zero attached hydrogens (tertiary/aromatic N) is 4. The highest BCUT2D eigenvalue weighted by atomic mass is 16.6. The third-order valence-corrected chi connectivity index (χ3v) is 3.57. The van der Waals surface area contributed by atoms with Crippen LogP contribution in [-0.2, 0) is 6.54 Å². The molecule has 0 aliphatic rings. The molecular formula is C17H16N4O3. The maximum Gasteiger partial charge on any atom is 0.295 e. The standard InChI is InChI=1S/C17H16N4O3/c1-12-10-14(19-24-12)11-20(2)16-9-8-15(21(22)23)17(18-16)13-6-4-3-5-7-13/h3-10H,11H2,1-2H3. The van der Waals surface area contributed by atoms with Gasteiger partial charge in [0.2, 0.25) is 0 Å². The van der Waals surface area contributed by atoms with Gasteiger partial charge in [0.1, 0.15) is 17.3 Å². The second-order valence-electron chi connectivity index (χ2n) is 5.45. The first-order chi connectivity index (χ1) is 11.5. The number of nitro groups is 1. The second kappa shape index (κ2) is 6.49. The molecule has 7 nitrogen and oxygen atoms in total. The number of rotatable bonds is 5. The summed E-state index contributed by atoms with van der Waals surface area (Å²) in [4.78, 5) is 17.2. The van der Waals surface area contributed by atoms with Gasteiger partial charge in [0.05, 0.1) is 11.5 Å². The molecule has 24 heavy (non-hydrogen) atoms. The van der Waals surface area contributed by atoms with Crippen LogP contribution in [0.4, 0.5) is 11.5 Å². The van der Waals surface area contributed by atoms with Gasteiger partial charge in [-0.05, 0) is 13.0 Å². The molecule has 0 amide bonds. The lowest BCUT2D eigenvalue weighted by atomic mass is 10.1. The van der Waals surface area contributed by atoms with Crippen LogP contribution in [0.3, 0.4) is 0 Å². The summed E-state index contributed by atoms with van der Waals surface area (Å²) in [6, 6.07) is 14.1. The van der Waals surface area contributed by atoms with E-state index in [1.165, 1.54) is 6.07 Å². The van der Waals surface area contributed by atoms with Crippen LogP contribution in [-0.4, -0.2) is 22.1 Å². The maximum absolute atomic E-state index is 11.3. The molecule has 3 aromatic rings. The lowest BCUT2D eigenvalue weighted by Gasteiger charge is -2.17. The van der Waals surface area contributed by atoms with E-state index in [1.807, 2.05) is 43.1 Å². The molecule has 2 heterocycles. The van der Waals surface area contributed by atoms with E-state index >= 15 is 0 Å². The Morgan fingerprint density at radius 2 is 1.96 bits per heavy atom. The van der Waals surface area contributed by atoms with Gasteiger partial charge in [-0.1, -0.05) is 35.5 Å². The number of benzene rings is 1. The molecule has 0 N–H and O–H groups in total. The molecule has 0 saturated heterocycles. The molecule has 122 valence electrons. The molecule has 7 heteroatoms. The Morgan fingerprint density at radius 1 is 1.21 bits per heavy atom. The van der Waals surface area contributed by atoms with Crippen molar-refractivity contribution < 1.29 is 9.45 Å². The van der Waals surface area contributed by atoms with Crippen LogP contribution in [0.2, 0.25) is 0 Å². The minimum atomic E-state index is -0.417. The average molecular weight is 324 g/mol. The monoisotopic (exact) mass is 324 g/mol. The fourth-order valence-electron chi connectivity index (χ4n) is 2.43. The minimum Gasteiger partial charge on any atom is -0.361 e. The Morgan fingerprint density at radius 3 is 2.58 bits per heavy atom. The summed E-state index contributed by atoms with van der Waals surface area (Å²) < 4.78 is 5.06. The highest BCUT2D eigenvalue weighted by molar-refractivity contribution is 5.71. The molecular weight excluding hydrogens is 308 g/mol. The molecule has 0 bridgehead atoms. The van der Waals surface area contributed by atoms with Crippen molar-refractivity contribution in [2.24, 2.45) is 0 Å². The lowest BCUT2D eigenvalue weighted by Crippen LogP contribution is -2.18. The van der Waals surface area contributed by atoms with E-state index in [-0.39, 0.29) is 5.69 Å². The van der Waals surface area contributed by atoms with E-state index in [9.17, 15) is 10.1 Å². The van der Waals surface area contributed by atoms with Gasteiger partial charge in [-0.15, -0.1) is 0 Å². The Bertz CT molecular complexity index is 861. The van der Waals surface area contributed by atoms with Crippen molar-refractivity contribution in [3.8, 4) is 11.3 Å². The zero-order chi connectivity index (χ0) is 17.1. The maximum atomic E-state index is 11.3. The summed E-state index contributed by atoms with van der Waals surface area (Å²) in [5, 5.41) is 15.3. The third kappa shape index (κ3) is 3.24. The third-order valence-electron chi connectivity index (χ3n) is 3.57. The molecule has 0 spiro atoms. The molecule has 0 saturated carbocycles. The first-order valence-corrected chi connectivity index (χ1v) is 7.39. The Hall–Kier alpha value is -3.22. The van der Waals surface area contributed by atoms with Crippen molar-refractivity contribution in [2.45, 2.75) is 13.5 Å². The van der Waals surface area contributed by atoms with Crippen LogP contribution in [0, 0.1) is 17.0 Å². The number of aromatic nitrogens is 2. The van der Waals surface area contributed by atoms with Crippen LogP contribution < -0.4 is 4.90 Å². The molecule has 3 rings (SSSR count). The van der Waals surface area contributed by atoms with Crippen molar-refractivity contribution in [3.63, 3.8) is 0 Å². The van der Waals surface area contributed by atoms with Crippen molar-refractivity contribution in [2.75, 3.05) is 11.9 Å². The van der Waals surface area contributed by atoms with E-state index in [4.69, 9.17) is 4.52 Å². The Balaban J connectivity index is 1.96. The molecule has 0 aliphatic carbocycles. The number of pyridine rings is 1. The van der Waals surface area contributed by atoms with Crippen molar-refractivity contribution in [1.29, 1.82) is 0 Å². The van der Waals surface area contributed by atoms with Crippen LogP contribution in [0.1, 0.15) is 11.5 Å². The summed E-state index contributed by atoms with van der Waals surface area (Å²) >= 11 is 0. The summed E-state index contributed by atoms with van der Waals surface area (Å²) in [6.45, 7) is 2.32. The Labute approximate surface area is 138 Å². The molecule has 0 atom stereocenters. The largest absolute Gasteiger partial charge is 0.361 e. The van der Waals surface area contributed by atoms with Gasteiger partial charge < -0.3 is 9.42 Å². The quantitative estimate of drug-likeness (QED) is 0.526. The first-order valence-electron chi connectivity index (χ1n) is 7.39. The zero-order valence-electron chi connectivity index (χ0n) is 13.3. The van der Waals surface area contributed by atoms with E-state index in [2.05, 4.69) is 10.1 Å². The van der Waals surface area contributed by atoms with Gasteiger partial charge in [0.25, 0.3) is 5.69 Å². The highest BCUT2D eigenvalue weighted by Crippen LogP contribution is 2.30. The average Bonchev–Trinajstić information content (AvgIpc) is 3.00. The van der Waals surface area contributed by atoms with Crippen LogP contribution in [0.5, 0.6) is 0 Å². The molecule has 0 aliphatic heterocycles. The molecule has 1 aromatic carbocycles. The van der Waals surface area contributed by atoms with Gasteiger partial charge in [0.15, 0.2) is 5.69 Å². The van der Waals surface area contributed by atoms with Gasteiger partial charge in [0, 0.05) is 24.7 Å². The van der Waals surface area contributed by atoms with E-state index in [0.29, 0.717) is 23.6 Å². The summed E-state index contributed by atoms with van der Waals surface area (Å²) in [6.07, 6.45) is 0. The predicted molar refractivity (Wildman–Crippen MR) is 89.7 cm³/mol. The van der Waals surface area contributed by atoms with Gasteiger partial charge in [-0.2, -0.15) is 0 Å². The second-order valence-corrected chi connectivity index (χ2v) is 5.45. The topological polar surface area (TPSA) is 85.3 Å². The van der Waals surface area contributed by atoms with E-state index in [0.717, 1.165) is 11.5 Å². The van der Waals surface area contributed by atoms with Crippen LogP contribution >= 0.6 is 0 Å². The summed E-state index contributed by atoms with van der Waals surface area (Å²) in [5.41, 5.74) is 1.81. The summed E-state index contributed by atoms with van der Waals surface area (Å²) in [7, 11) is 1.85. The van der Waals surface area contributed by atoms with Gasteiger partial charge >= 0.3 is 0 Å². The highest BCUT2D eigenvalue weighted by Gasteiger charge is 2.19. The van der Waals surface area contributed by atoms with Crippen molar-refractivity contribution in [3.05, 3.63) is 70.1 Å². The number of hydrogen-bond acceptors (Lipinski definition) is 6. The number of hydrogen-bond donors (Lipinski definition) is 0. The predicted octanol–water partition coefficient (Wildman–Crippen LogP) is 3.59. The number of anilines is 1. The van der Waals surface area contributed by atoms with E-state index in [1.54, 1.807) is 18.2 Å². The van der Waals surface area contributed by atoms with Gasteiger partial charge in [-0.25, -0.2) is 4.98 Å². The van der Waals surface area contributed by atoms with Crippen molar-refractivity contribution in [1.82, 2.24) is 10.1 Å². The Kier molecular flexibility index (Phi) is 4.24. The van der Waals surface area contributed by atoms with Gasteiger partial charge in [-0.3, -0.25) is 10.1 Å². The zero-order valence-corrected chi connectivity index (χ0v) is 13.3. The fourth-order valence-corrected chi connectivity index (χ4v) is 2.43. The lowest BCUT2D eigenvalue weighted by molar-refractivity contribution is -0.384. The summed E-state index contributed by atoms with van der Waals surface area (Å²) in [5.74, 6) is 1.36.